The number of hydrogen-bond donors (Lipinski definition) is 1. The van der Waals surface area contributed by atoms with Crippen molar-refractivity contribution in [2.45, 2.75) is 6.92 Å². The van der Waals surface area contributed by atoms with E-state index in [0.29, 0.717) is 22.2 Å². The fraction of sp³-hybridized carbons (Fsp3) is 0.167. The number of halogens is 1. The van der Waals surface area contributed by atoms with Crippen LogP contribution in [0.3, 0.4) is 0 Å². The van der Waals surface area contributed by atoms with Gasteiger partial charge in [0.05, 0.1) is 14.2 Å². The minimum atomic E-state index is -0.250. The molecule has 0 radical (unpaired) electrons. The first kappa shape index (κ1) is 16.9. The number of benzene rings is 2. The molecule has 2 rings (SSSR count). The summed E-state index contributed by atoms with van der Waals surface area (Å²) in [6, 6.07) is 10.9. The van der Waals surface area contributed by atoms with Crippen molar-refractivity contribution in [1.82, 2.24) is 0 Å². The van der Waals surface area contributed by atoms with Crippen molar-refractivity contribution in [3.8, 4) is 11.5 Å². The first-order valence-electron chi connectivity index (χ1n) is 7.02. The van der Waals surface area contributed by atoms with Crippen LogP contribution in [0.1, 0.15) is 11.1 Å². The Kier molecular flexibility index (Phi) is 5.66. The molecule has 0 bridgehead atoms. The molecule has 120 valence electrons. The van der Waals surface area contributed by atoms with E-state index in [-0.39, 0.29) is 5.91 Å². The summed E-state index contributed by atoms with van der Waals surface area (Å²) in [7, 11) is 3.13. The van der Waals surface area contributed by atoms with Crippen LogP contribution in [0, 0.1) is 6.92 Å². The maximum Gasteiger partial charge on any atom is 0.248 e. The molecule has 0 unspecified atom stereocenters. The van der Waals surface area contributed by atoms with E-state index in [2.05, 4.69) is 5.32 Å². The standard InChI is InChI=1S/C18H18ClNO3/c1-12-14(19)7-5-8-15(12)20-17(21)11-10-13-6-4-9-16(22-2)18(13)23-3/h4-11H,1-3H3,(H,20,21)/b11-10+. The number of anilines is 1. The fourth-order valence-corrected chi connectivity index (χ4v) is 2.30. The Labute approximate surface area is 140 Å². The summed E-state index contributed by atoms with van der Waals surface area (Å²) in [5.74, 6) is 0.943. The van der Waals surface area contributed by atoms with E-state index in [1.807, 2.05) is 19.1 Å². The summed E-state index contributed by atoms with van der Waals surface area (Å²) in [6.07, 6.45) is 3.12. The Morgan fingerprint density at radius 3 is 2.57 bits per heavy atom. The average Bonchev–Trinajstić information content (AvgIpc) is 2.56. The zero-order valence-electron chi connectivity index (χ0n) is 13.2. The summed E-state index contributed by atoms with van der Waals surface area (Å²) in [6.45, 7) is 1.85. The highest BCUT2D eigenvalue weighted by Crippen LogP contribution is 2.31. The van der Waals surface area contributed by atoms with Gasteiger partial charge in [-0.05, 0) is 36.8 Å². The van der Waals surface area contributed by atoms with E-state index in [1.165, 1.54) is 6.08 Å². The van der Waals surface area contributed by atoms with Crippen LogP contribution in [-0.4, -0.2) is 20.1 Å². The number of amides is 1. The smallest absolute Gasteiger partial charge is 0.248 e. The Morgan fingerprint density at radius 1 is 1.13 bits per heavy atom. The van der Waals surface area contributed by atoms with Crippen LogP contribution in [0.4, 0.5) is 5.69 Å². The van der Waals surface area contributed by atoms with Crippen LogP contribution in [0.25, 0.3) is 6.08 Å². The van der Waals surface area contributed by atoms with Crippen LogP contribution in [0.5, 0.6) is 11.5 Å². The van der Waals surface area contributed by atoms with Gasteiger partial charge >= 0.3 is 0 Å². The molecule has 0 spiro atoms. The largest absolute Gasteiger partial charge is 0.493 e. The highest BCUT2D eigenvalue weighted by molar-refractivity contribution is 6.31. The van der Waals surface area contributed by atoms with Gasteiger partial charge in [-0.1, -0.05) is 29.8 Å². The third-order valence-electron chi connectivity index (χ3n) is 3.37. The van der Waals surface area contributed by atoms with Gasteiger partial charge < -0.3 is 14.8 Å². The molecule has 1 amide bonds. The molecule has 0 heterocycles. The molecule has 23 heavy (non-hydrogen) atoms. The average molecular weight is 332 g/mol. The van der Waals surface area contributed by atoms with Crippen molar-refractivity contribution in [1.29, 1.82) is 0 Å². The number of para-hydroxylation sites is 1. The van der Waals surface area contributed by atoms with Crippen molar-refractivity contribution in [3.05, 3.63) is 58.6 Å². The number of nitrogens with one attached hydrogen (secondary N) is 1. The summed E-state index contributed by atoms with van der Waals surface area (Å²) in [4.78, 5) is 12.1. The third kappa shape index (κ3) is 4.05. The van der Waals surface area contributed by atoms with E-state index >= 15 is 0 Å². The molecular weight excluding hydrogens is 314 g/mol. The molecule has 0 atom stereocenters. The molecule has 0 aromatic heterocycles. The van der Waals surface area contributed by atoms with E-state index in [1.54, 1.807) is 44.6 Å². The van der Waals surface area contributed by atoms with E-state index in [9.17, 15) is 4.79 Å². The second kappa shape index (κ2) is 7.70. The van der Waals surface area contributed by atoms with Crippen LogP contribution in [0.2, 0.25) is 5.02 Å². The van der Waals surface area contributed by atoms with Gasteiger partial charge in [0.25, 0.3) is 0 Å². The molecule has 0 aliphatic rings. The lowest BCUT2D eigenvalue weighted by atomic mass is 10.1. The molecular formula is C18H18ClNO3. The summed E-state index contributed by atoms with van der Waals surface area (Å²) < 4.78 is 10.6. The summed E-state index contributed by atoms with van der Waals surface area (Å²) in [5, 5.41) is 3.42. The second-order valence-corrected chi connectivity index (χ2v) is 5.22. The van der Waals surface area contributed by atoms with Gasteiger partial charge in [0.15, 0.2) is 11.5 Å². The third-order valence-corrected chi connectivity index (χ3v) is 3.78. The van der Waals surface area contributed by atoms with E-state index < -0.39 is 0 Å². The first-order valence-corrected chi connectivity index (χ1v) is 7.39. The Morgan fingerprint density at radius 2 is 1.87 bits per heavy atom. The molecule has 0 aliphatic carbocycles. The van der Waals surface area contributed by atoms with E-state index in [4.69, 9.17) is 21.1 Å². The fourth-order valence-electron chi connectivity index (χ4n) is 2.13. The van der Waals surface area contributed by atoms with Gasteiger partial charge in [-0.25, -0.2) is 0 Å². The van der Waals surface area contributed by atoms with Crippen LogP contribution >= 0.6 is 11.6 Å². The number of hydrogen-bond acceptors (Lipinski definition) is 3. The number of carbonyl (C=O) groups is 1. The summed E-state index contributed by atoms with van der Waals surface area (Å²) >= 11 is 6.04. The minimum Gasteiger partial charge on any atom is -0.493 e. The predicted molar refractivity (Wildman–Crippen MR) is 93.4 cm³/mol. The second-order valence-electron chi connectivity index (χ2n) is 4.82. The molecule has 0 saturated heterocycles. The van der Waals surface area contributed by atoms with Crippen molar-refractivity contribution in [2.24, 2.45) is 0 Å². The van der Waals surface area contributed by atoms with Gasteiger partial charge in [-0.15, -0.1) is 0 Å². The normalized spacial score (nSPS) is 10.6. The molecule has 2 aromatic carbocycles. The molecule has 0 saturated carbocycles. The van der Waals surface area contributed by atoms with Gasteiger partial charge in [0.2, 0.25) is 5.91 Å². The lowest BCUT2D eigenvalue weighted by molar-refractivity contribution is -0.111. The zero-order chi connectivity index (χ0) is 16.8. The number of rotatable bonds is 5. The lowest BCUT2D eigenvalue weighted by Gasteiger charge is -2.10. The predicted octanol–water partition coefficient (Wildman–Crippen LogP) is 4.32. The van der Waals surface area contributed by atoms with Crippen molar-refractivity contribution < 1.29 is 14.3 Å². The molecule has 2 aromatic rings. The van der Waals surface area contributed by atoms with Gasteiger partial charge in [0.1, 0.15) is 0 Å². The maximum atomic E-state index is 12.1. The molecule has 4 nitrogen and oxygen atoms in total. The number of methoxy groups -OCH3 is 2. The van der Waals surface area contributed by atoms with Crippen molar-refractivity contribution >= 4 is 29.3 Å². The van der Waals surface area contributed by atoms with E-state index in [0.717, 1.165) is 11.1 Å². The van der Waals surface area contributed by atoms with Crippen LogP contribution < -0.4 is 14.8 Å². The van der Waals surface area contributed by atoms with Crippen LogP contribution in [-0.2, 0) is 4.79 Å². The minimum absolute atomic E-state index is 0.250. The van der Waals surface area contributed by atoms with Crippen LogP contribution in [0.15, 0.2) is 42.5 Å². The molecule has 5 heteroatoms. The Hall–Kier alpha value is -2.46. The first-order chi connectivity index (χ1) is 11.1. The Balaban J connectivity index is 2.17. The van der Waals surface area contributed by atoms with Crippen molar-refractivity contribution in [3.63, 3.8) is 0 Å². The maximum absolute atomic E-state index is 12.1. The summed E-state index contributed by atoms with van der Waals surface area (Å²) in [5.41, 5.74) is 2.27. The number of carbonyl (C=O) groups excluding carboxylic acids is 1. The van der Waals surface area contributed by atoms with Gasteiger partial charge in [-0.3, -0.25) is 4.79 Å². The van der Waals surface area contributed by atoms with Gasteiger partial charge in [0, 0.05) is 22.3 Å². The topological polar surface area (TPSA) is 47.6 Å². The van der Waals surface area contributed by atoms with Crippen molar-refractivity contribution in [2.75, 3.05) is 19.5 Å². The SMILES string of the molecule is COc1cccc(/C=C/C(=O)Nc2cccc(Cl)c2C)c1OC. The number of ether oxygens (including phenoxy) is 2. The monoisotopic (exact) mass is 331 g/mol. The zero-order valence-corrected chi connectivity index (χ0v) is 14.0. The lowest BCUT2D eigenvalue weighted by Crippen LogP contribution is -2.09. The molecule has 0 aliphatic heterocycles. The quantitative estimate of drug-likeness (QED) is 0.830. The Bertz CT molecular complexity index is 741. The highest BCUT2D eigenvalue weighted by Gasteiger charge is 2.08. The molecule has 1 N–H and O–H groups in total. The molecule has 0 fully saturated rings. The highest BCUT2D eigenvalue weighted by atomic mass is 35.5. The van der Waals surface area contributed by atoms with Gasteiger partial charge in [-0.2, -0.15) is 0 Å².